The van der Waals surface area contributed by atoms with Crippen LogP contribution in [-0.4, -0.2) is 41.4 Å². The first-order chi connectivity index (χ1) is 13.8. The summed E-state index contributed by atoms with van der Waals surface area (Å²) in [7, 11) is 0. The predicted molar refractivity (Wildman–Crippen MR) is 128 cm³/mol. The van der Waals surface area contributed by atoms with Gasteiger partial charge in [-0.1, -0.05) is 18.2 Å². The number of nitrogens with one attached hydrogen (secondary N) is 2. The van der Waals surface area contributed by atoms with Crippen molar-refractivity contribution < 1.29 is 4.79 Å². The van der Waals surface area contributed by atoms with Gasteiger partial charge in [0.15, 0.2) is 5.96 Å². The zero-order valence-electron chi connectivity index (χ0n) is 16.9. The van der Waals surface area contributed by atoms with Crippen LogP contribution in [0.15, 0.2) is 53.7 Å². The first-order valence-electron chi connectivity index (χ1n) is 10.1. The molecular weight excluding hydrogens is 477 g/mol. The van der Waals surface area contributed by atoms with Gasteiger partial charge in [0.25, 0.3) is 5.91 Å². The lowest BCUT2D eigenvalue weighted by Crippen LogP contribution is -2.37. The summed E-state index contributed by atoms with van der Waals surface area (Å²) >= 11 is 0. The maximum Gasteiger partial charge on any atom is 0.253 e. The molecule has 0 spiro atoms. The molecule has 7 heteroatoms. The molecule has 2 aromatic rings. The van der Waals surface area contributed by atoms with Crippen molar-refractivity contribution in [3.05, 3.63) is 65.5 Å². The lowest BCUT2D eigenvalue weighted by Gasteiger charge is -2.26. The standard InChI is InChI=1S/C22H29N5O.HI/c1-2-23-22(26-17-20-8-4-5-13-24-20)25-16-18-9-11-19(12-10-18)21(28)27-14-6-3-7-15-27;/h4-5,8-13H,2-3,6-7,14-17H2,1H3,(H2,23,25,26);1H. The number of guanidine groups is 1. The van der Waals surface area contributed by atoms with Gasteiger partial charge in [-0.25, -0.2) is 4.99 Å². The van der Waals surface area contributed by atoms with Crippen LogP contribution in [-0.2, 0) is 13.1 Å². The van der Waals surface area contributed by atoms with E-state index in [1.54, 1.807) is 6.20 Å². The van der Waals surface area contributed by atoms with Crippen LogP contribution < -0.4 is 10.6 Å². The maximum atomic E-state index is 12.6. The molecule has 0 unspecified atom stereocenters. The summed E-state index contributed by atoms with van der Waals surface area (Å²) in [6.07, 6.45) is 5.23. The summed E-state index contributed by atoms with van der Waals surface area (Å²) in [5, 5.41) is 6.54. The SMILES string of the molecule is CCNC(=NCc1ccc(C(=O)N2CCCCC2)cc1)NCc1ccccn1.I. The highest BCUT2D eigenvalue weighted by molar-refractivity contribution is 14.0. The van der Waals surface area contributed by atoms with Crippen LogP contribution in [0.25, 0.3) is 0 Å². The zero-order valence-corrected chi connectivity index (χ0v) is 19.3. The second-order valence-electron chi connectivity index (χ2n) is 6.92. The summed E-state index contributed by atoms with van der Waals surface area (Å²) in [5.74, 6) is 0.891. The number of amides is 1. The van der Waals surface area contributed by atoms with E-state index in [0.29, 0.717) is 13.1 Å². The Hall–Kier alpha value is -2.16. The van der Waals surface area contributed by atoms with Gasteiger partial charge >= 0.3 is 0 Å². The van der Waals surface area contributed by atoms with Gasteiger partial charge in [-0.15, -0.1) is 24.0 Å². The molecule has 1 amide bonds. The minimum Gasteiger partial charge on any atom is -0.357 e. The highest BCUT2D eigenvalue weighted by Gasteiger charge is 2.17. The first kappa shape index (κ1) is 23.1. The van der Waals surface area contributed by atoms with Gasteiger partial charge in [0.2, 0.25) is 0 Å². The summed E-state index contributed by atoms with van der Waals surface area (Å²) in [5.41, 5.74) is 2.80. The lowest BCUT2D eigenvalue weighted by molar-refractivity contribution is 0.0724. The van der Waals surface area contributed by atoms with Crippen LogP contribution in [0.5, 0.6) is 0 Å². The fourth-order valence-electron chi connectivity index (χ4n) is 3.22. The average Bonchev–Trinajstić information content (AvgIpc) is 2.77. The molecule has 29 heavy (non-hydrogen) atoms. The Morgan fingerprint density at radius 1 is 1.07 bits per heavy atom. The van der Waals surface area contributed by atoms with Crippen LogP contribution in [0.4, 0.5) is 0 Å². The third-order valence-corrected chi connectivity index (χ3v) is 4.77. The quantitative estimate of drug-likeness (QED) is 0.357. The lowest BCUT2D eigenvalue weighted by atomic mass is 10.1. The van der Waals surface area contributed by atoms with E-state index < -0.39 is 0 Å². The van der Waals surface area contributed by atoms with E-state index in [1.807, 2.05) is 54.3 Å². The first-order valence-corrected chi connectivity index (χ1v) is 10.1. The molecular formula is C22H30IN5O. The van der Waals surface area contributed by atoms with Crippen molar-refractivity contribution in [1.29, 1.82) is 0 Å². The second kappa shape index (κ2) is 12.4. The number of likely N-dealkylation sites (tertiary alicyclic amines) is 1. The average molecular weight is 507 g/mol. The molecule has 1 aliphatic rings. The Morgan fingerprint density at radius 3 is 2.48 bits per heavy atom. The largest absolute Gasteiger partial charge is 0.357 e. The Bertz CT molecular complexity index is 774. The van der Waals surface area contributed by atoms with Gasteiger partial charge in [0.1, 0.15) is 0 Å². The van der Waals surface area contributed by atoms with E-state index in [9.17, 15) is 4.79 Å². The fourth-order valence-corrected chi connectivity index (χ4v) is 3.22. The van der Waals surface area contributed by atoms with Gasteiger partial charge in [0, 0.05) is 31.4 Å². The van der Waals surface area contributed by atoms with Crippen LogP contribution in [0.2, 0.25) is 0 Å². The zero-order chi connectivity index (χ0) is 19.6. The highest BCUT2D eigenvalue weighted by Crippen LogP contribution is 2.14. The number of piperidine rings is 1. The second-order valence-corrected chi connectivity index (χ2v) is 6.92. The number of rotatable bonds is 6. The fraction of sp³-hybridized carbons (Fsp3) is 0.409. The van der Waals surface area contributed by atoms with Crippen LogP contribution in [0.1, 0.15) is 47.8 Å². The van der Waals surface area contributed by atoms with Gasteiger partial charge in [0.05, 0.1) is 18.8 Å². The van der Waals surface area contributed by atoms with Gasteiger partial charge < -0.3 is 15.5 Å². The molecule has 6 nitrogen and oxygen atoms in total. The van der Waals surface area contributed by atoms with Crippen molar-refractivity contribution >= 4 is 35.8 Å². The monoisotopic (exact) mass is 507 g/mol. The van der Waals surface area contributed by atoms with E-state index in [4.69, 9.17) is 0 Å². The normalized spacial score (nSPS) is 14.1. The molecule has 156 valence electrons. The number of hydrogen-bond donors (Lipinski definition) is 2. The van der Waals surface area contributed by atoms with Gasteiger partial charge in [-0.3, -0.25) is 9.78 Å². The minimum absolute atomic E-state index is 0. The summed E-state index contributed by atoms with van der Waals surface area (Å²) in [6.45, 7) is 5.75. The van der Waals surface area contributed by atoms with Crippen molar-refractivity contribution in [1.82, 2.24) is 20.5 Å². The number of nitrogens with zero attached hydrogens (tertiary/aromatic N) is 3. The molecule has 0 atom stereocenters. The minimum atomic E-state index is 0. The van der Waals surface area contributed by atoms with Crippen LogP contribution >= 0.6 is 24.0 Å². The highest BCUT2D eigenvalue weighted by atomic mass is 127. The predicted octanol–water partition coefficient (Wildman–Crippen LogP) is 3.58. The van der Waals surface area contributed by atoms with E-state index in [-0.39, 0.29) is 29.9 Å². The molecule has 2 N–H and O–H groups in total. The number of carbonyl (C=O) groups is 1. The number of halogens is 1. The Balaban J connectivity index is 0.00000300. The third kappa shape index (κ3) is 7.30. The Labute approximate surface area is 190 Å². The molecule has 1 aliphatic heterocycles. The molecule has 1 fully saturated rings. The molecule has 0 bridgehead atoms. The molecule has 1 aromatic carbocycles. The van der Waals surface area contributed by atoms with Gasteiger partial charge in [-0.2, -0.15) is 0 Å². The number of aliphatic imine (C=N–C) groups is 1. The Kier molecular flexibility index (Phi) is 9.90. The van der Waals surface area contributed by atoms with Crippen LogP contribution in [0.3, 0.4) is 0 Å². The van der Waals surface area contributed by atoms with Crippen molar-refractivity contribution in [2.75, 3.05) is 19.6 Å². The molecule has 0 radical (unpaired) electrons. The van der Waals surface area contributed by atoms with E-state index >= 15 is 0 Å². The smallest absolute Gasteiger partial charge is 0.253 e. The van der Waals surface area contributed by atoms with Crippen LogP contribution in [0, 0.1) is 0 Å². The molecule has 2 heterocycles. The molecule has 1 aromatic heterocycles. The number of aromatic nitrogens is 1. The van der Waals surface area contributed by atoms with E-state index in [1.165, 1.54) is 6.42 Å². The summed E-state index contributed by atoms with van der Waals surface area (Å²) < 4.78 is 0. The van der Waals surface area contributed by atoms with Crippen molar-refractivity contribution in [3.63, 3.8) is 0 Å². The van der Waals surface area contributed by atoms with Crippen molar-refractivity contribution in [2.45, 2.75) is 39.3 Å². The number of hydrogen-bond acceptors (Lipinski definition) is 3. The summed E-state index contributed by atoms with van der Waals surface area (Å²) in [4.78, 5) is 23.5. The number of benzene rings is 1. The molecule has 3 rings (SSSR count). The molecule has 0 aliphatic carbocycles. The number of pyridine rings is 1. The van der Waals surface area contributed by atoms with Gasteiger partial charge in [-0.05, 0) is 56.0 Å². The number of carbonyl (C=O) groups excluding carboxylic acids is 1. The summed E-state index contributed by atoms with van der Waals surface area (Å²) in [6, 6.07) is 13.7. The molecule has 0 saturated carbocycles. The Morgan fingerprint density at radius 2 is 1.83 bits per heavy atom. The van der Waals surface area contributed by atoms with Crippen molar-refractivity contribution in [3.8, 4) is 0 Å². The maximum absolute atomic E-state index is 12.6. The van der Waals surface area contributed by atoms with Crippen molar-refractivity contribution in [2.24, 2.45) is 4.99 Å². The van der Waals surface area contributed by atoms with E-state index in [0.717, 1.165) is 55.3 Å². The topological polar surface area (TPSA) is 69.6 Å². The van der Waals surface area contributed by atoms with E-state index in [2.05, 4.69) is 20.6 Å². The third-order valence-electron chi connectivity index (χ3n) is 4.77. The molecule has 1 saturated heterocycles.